The van der Waals surface area contributed by atoms with E-state index in [0.29, 0.717) is 12.1 Å². The molecule has 0 aliphatic heterocycles. The highest BCUT2D eigenvalue weighted by molar-refractivity contribution is 5.96. The van der Waals surface area contributed by atoms with Crippen molar-refractivity contribution >= 4 is 5.91 Å². The maximum Gasteiger partial charge on any atom is 0.255 e. The van der Waals surface area contributed by atoms with Crippen LogP contribution in [0.4, 0.5) is 0 Å². The molecule has 0 radical (unpaired) electrons. The fourth-order valence-corrected chi connectivity index (χ4v) is 2.30. The van der Waals surface area contributed by atoms with Crippen LogP contribution in [0.15, 0.2) is 18.5 Å². The molecule has 2 heterocycles. The van der Waals surface area contributed by atoms with E-state index in [2.05, 4.69) is 15.5 Å². The van der Waals surface area contributed by atoms with Gasteiger partial charge in [-0.25, -0.2) is 0 Å². The second-order valence-corrected chi connectivity index (χ2v) is 4.74. The van der Waals surface area contributed by atoms with Crippen LogP contribution in [0.3, 0.4) is 0 Å². The quantitative estimate of drug-likeness (QED) is 0.813. The van der Waals surface area contributed by atoms with Crippen LogP contribution in [0.2, 0.25) is 0 Å². The van der Waals surface area contributed by atoms with Crippen LogP contribution in [0.5, 0.6) is 0 Å². The molecule has 20 heavy (non-hydrogen) atoms. The van der Waals surface area contributed by atoms with Crippen molar-refractivity contribution in [2.45, 2.75) is 40.3 Å². The summed E-state index contributed by atoms with van der Waals surface area (Å²) in [4.78, 5) is 12.2. The first kappa shape index (κ1) is 14.3. The molecule has 2 aromatic heterocycles. The number of nitrogens with zero attached hydrogens (tertiary/aromatic N) is 4. The van der Waals surface area contributed by atoms with Crippen LogP contribution < -0.4 is 5.32 Å². The number of nitrogens with one attached hydrogen (secondary N) is 1. The van der Waals surface area contributed by atoms with Crippen molar-refractivity contribution in [3.8, 4) is 0 Å². The van der Waals surface area contributed by atoms with Crippen molar-refractivity contribution < 1.29 is 4.79 Å². The van der Waals surface area contributed by atoms with Gasteiger partial charge in [0, 0.05) is 37.7 Å². The zero-order valence-corrected chi connectivity index (χ0v) is 12.3. The number of carbonyl (C=O) groups is 1. The smallest absolute Gasteiger partial charge is 0.255 e. The molecule has 0 fully saturated rings. The number of rotatable bonds is 6. The van der Waals surface area contributed by atoms with Gasteiger partial charge in [0.15, 0.2) is 0 Å². The highest BCUT2D eigenvalue weighted by atomic mass is 16.1. The molecule has 6 heteroatoms. The topological polar surface area (TPSA) is 64.7 Å². The fraction of sp³-hybridized carbons (Fsp3) is 0.500. The largest absolute Gasteiger partial charge is 0.352 e. The van der Waals surface area contributed by atoms with Crippen molar-refractivity contribution in [3.05, 3.63) is 35.4 Å². The normalized spacial score (nSPS) is 10.8. The molecule has 0 saturated heterocycles. The predicted octanol–water partition coefficient (Wildman–Crippen LogP) is 1.54. The predicted molar refractivity (Wildman–Crippen MR) is 76.6 cm³/mol. The Morgan fingerprint density at radius 1 is 1.40 bits per heavy atom. The van der Waals surface area contributed by atoms with Crippen molar-refractivity contribution in [2.24, 2.45) is 0 Å². The molecule has 6 nitrogen and oxygen atoms in total. The number of hydrogen-bond donors (Lipinski definition) is 1. The van der Waals surface area contributed by atoms with E-state index in [0.717, 1.165) is 30.9 Å². The molecule has 0 atom stereocenters. The Hall–Kier alpha value is -2.11. The minimum atomic E-state index is -0.0415. The molecular formula is C14H21N5O. The van der Waals surface area contributed by atoms with Gasteiger partial charge in [-0.2, -0.15) is 10.2 Å². The Morgan fingerprint density at radius 2 is 2.20 bits per heavy atom. The van der Waals surface area contributed by atoms with E-state index < -0.39 is 0 Å². The lowest BCUT2D eigenvalue weighted by molar-refractivity contribution is 0.0951. The molecular weight excluding hydrogens is 254 g/mol. The van der Waals surface area contributed by atoms with Gasteiger partial charge in [-0.05, 0) is 33.3 Å². The average molecular weight is 275 g/mol. The van der Waals surface area contributed by atoms with E-state index in [1.165, 1.54) is 0 Å². The van der Waals surface area contributed by atoms with Crippen LogP contribution in [-0.2, 0) is 13.1 Å². The first-order valence-corrected chi connectivity index (χ1v) is 6.93. The number of aryl methyl sites for hydroxylation is 3. The zero-order chi connectivity index (χ0) is 14.5. The molecule has 108 valence electrons. The minimum absolute atomic E-state index is 0.0415. The monoisotopic (exact) mass is 275 g/mol. The molecule has 0 unspecified atom stereocenters. The van der Waals surface area contributed by atoms with Gasteiger partial charge in [-0.15, -0.1) is 0 Å². The summed E-state index contributed by atoms with van der Waals surface area (Å²) in [6.45, 7) is 8.04. The van der Waals surface area contributed by atoms with Crippen LogP contribution in [0.25, 0.3) is 0 Å². The Balaban J connectivity index is 1.87. The highest BCUT2D eigenvalue weighted by Gasteiger charge is 2.17. The highest BCUT2D eigenvalue weighted by Crippen LogP contribution is 2.12. The van der Waals surface area contributed by atoms with Crippen LogP contribution in [0, 0.1) is 13.8 Å². The van der Waals surface area contributed by atoms with Crippen LogP contribution >= 0.6 is 0 Å². The van der Waals surface area contributed by atoms with Gasteiger partial charge >= 0.3 is 0 Å². The fourth-order valence-electron chi connectivity index (χ4n) is 2.30. The summed E-state index contributed by atoms with van der Waals surface area (Å²) in [6, 6.07) is 1.89. The van der Waals surface area contributed by atoms with E-state index in [9.17, 15) is 4.79 Å². The second kappa shape index (κ2) is 6.36. The van der Waals surface area contributed by atoms with E-state index in [1.807, 2.05) is 42.4 Å². The minimum Gasteiger partial charge on any atom is -0.352 e. The summed E-state index contributed by atoms with van der Waals surface area (Å²) in [5, 5.41) is 11.4. The van der Waals surface area contributed by atoms with E-state index in [-0.39, 0.29) is 5.91 Å². The van der Waals surface area contributed by atoms with E-state index >= 15 is 0 Å². The summed E-state index contributed by atoms with van der Waals surface area (Å²) in [5.41, 5.74) is 2.41. The number of aromatic nitrogens is 4. The molecule has 0 spiro atoms. The van der Waals surface area contributed by atoms with Gasteiger partial charge in [0.25, 0.3) is 5.91 Å². The maximum atomic E-state index is 12.2. The lowest BCUT2D eigenvalue weighted by atomic mass is 10.2. The van der Waals surface area contributed by atoms with Crippen molar-refractivity contribution in [2.75, 3.05) is 6.54 Å². The Morgan fingerprint density at radius 3 is 2.80 bits per heavy atom. The van der Waals surface area contributed by atoms with Gasteiger partial charge in [0.1, 0.15) is 0 Å². The molecule has 0 saturated carbocycles. The van der Waals surface area contributed by atoms with Crippen molar-refractivity contribution in [1.82, 2.24) is 24.9 Å². The third-order valence-electron chi connectivity index (χ3n) is 3.32. The standard InChI is InChI=1S/C14H21N5O/c1-4-19-12(3)13(11(2)17-19)14(20)15-7-5-9-18-10-6-8-16-18/h6,8,10H,4-5,7,9H2,1-3H3,(H,15,20). The molecule has 0 aromatic carbocycles. The maximum absolute atomic E-state index is 12.2. The zero-order valence-electron chi connectivity index (χ0n) is 12.3. The lowest BCUT2D eigenvalue weighted by Crippen LogP contribution is -2.26. The number of carbonyl (C=O) groups excluding carboxylic acids is 1. The first-order valence-electron chi connectivity index (χ1n) is 6.93. The lowest BCUT2D eigenvalue weighted by Gasteiger charge is -2.06. The Labute approximate surface area is 118 Å². The van der Waals surface area contributed by atoms with Gasteiger partial charge in [-0.3, -0.25) is 14.2 Å². The molecule has 1 amide bonds. The average Bonchev–Trinajstić information content (AvgIpc) is 3.02. The van der Waals surface area contributed by atoms with Crippen LogP contribution in [0.1, 0.15) is 35.1 Å². The molecule has 2 aromatic rings. The number of hydrogen-bond acceptors (Lipinski definition) is 3. The first-order chi connectivity index (χ1) is 9.63. The summed E-state index contributed by atoms with van der Waals surface area (Å²) in [5.74, 6) is -0.0415. The van der Waals surface area contributed by atoms with E-state index in [1.54, 1.807) is 6.20 Å². The van der Waals surface area contributed by atoms with Crippen molar-refractivity contribution in [3.63, 3.8) is 0 Å². The molecule has 0 aliphatic rings. The summed E-state index contributed by atoms with van der Waals surface area (Å²) >= 11 is 0. The Kier molecular flexibility index (Phi) is 4.55. The second-order valence-electron chi connectivity index (χ2n) is 4.74. The van der Waals surface area contributed by atoms with E-state index in [4.69, 9.17) is 0 Å². The number of amides is 1. The van der Waals surface area contributed by atoms with Gasteiger partial charge < -0.3 is 5.32 Å². The summed E-state index contributed by atoms with van der Waals surface area (Å²) in [7, 11) is 0. The summed E-state index contributed by atoms with van der Waals surface area (Å²) < 4.78 is 3.71. The third kappa shape index (κ3) is 3.07. The van der Waals surface area contributed by atoms with Gasteiger partial charge in [0.2, 0.25) is 0 Å². The third-order valence-corrected chi connectivity index (χ3v) is 3.32. The molecule has 0 aliphatic carbocycles. The molecule has 0 bridgehead atoms. The SMILES string of the molecule is CCn1nc(C)c(C(=O)NCCCn2cccn2)c1C. The van der Waals surface area contributed by atoms with Gasteiger partial charge in [-0.1, -0.05) is 0 Å². The van der Waals surface area contributed by atoms with Gasteiger partial charge in [0.05, 0.1) is 11.3 Å². The molecule has 1 N–H and O–H groups in total. The van der Waals surface area contributed by atoms with Crippen molar-refractivity contribution in [1.29, 1.82) is 0 Å². The summed E-state index contributed by atoms with van der Waals surface area (Å²) in [6.07, 6.45) is 4.53. The van der Waals surface area contributed by atoms with Crippen LogP contribution in [-0.4, -0.2) is 32.0 Å². The Bertz CT molecular complexity index is 571. The molecule has 2 rings (SSSR count).